The fourth-order valence-electron chi connectivity index (χ4n) is 8.38. The van der Waals surface area contributed by atoms with Gasteiger partial charge in [-0.3, -0.25) is 58.8 Å². The lowest BCUT2D eigenvalue weighted by Crippen LogP contribution is -2.61. The molecule has 1 aliphatic heterocycles. The molecule has 77 heavy (non-hydrogen) atoms. The van der Waals surface area contributed by atoms with Crippen molar-refractivity contribution < 1.29 is 47.9 Å². The van der Waals surface area contributed by atoms with Gasteiger partial charge in [-0.05, 0) is 68.6 Å². The first-order chi connectivity index (χ1) is 36.7. The summed E-state index contributed by atoms with van der Waals surface area (Å²) < 4.78 is 0. The molecule has 27 heteroatoms. The fraction of sp³-hybridized carbons (Fsp3) is 0.480. The van der Waals surface area contributed by atoms with Gasteiger partial charge in [0, 0.05) is 70.0 Å². The number of carbonyl (C=O) groups excluding carboxylic acids is 10. The maximum Gasteiger partial charge on any atom is 0.243 e. The SMILES string of the molecule is CC(=O)NCC[C@@H]1NC(=O)[C@@H](NC(=O)[C@H](CCCNC(=N)N)NC(C)=O)CC(=O)NCCCCC(C(N)=O)NC(=O)[C@H](Cc2c[nH]c3ccccc23)NC(=O)[C@H](CCCNC(=N)N)NC(=O)[C@@H](Cc2ccccc2)NC1=O. The van der Waals surface area contributed by atoms with Crippen molar-refractivity contribution in [1.29, 1.82) is 10.8 Å². The highest BCUT2D eigenvalue weighted by atomic mass is 16.2. The molecule has 2 heterocycles. The molecule has 0 radical (unpaired) electrons. The van der Waals surface area contributed by atoms with Crippen LogP contribution in [0.15, 0.2) is 60.8 Å². The number of hydrogen-bond donors (Lipinski definition) is 17. The molecule has 0 spiro atoms. The number of primary amides is 1. The van der Waals surface area contributed by atoms with Crippen molar-refractivity contribution in [2.75, 3.05) is 26.2 Å². The molecule has 1 aliphatic rings. The molecule has 7 atom stereocenters. The Labute approximate surface area is 445 Å². The van der Waals surface area contributed by atoms with Gasteiger partial charge >= 0.3 is 0 Å². The van der Waals surface area contributed by atoms with E-state index in [4.69, 9.17) is 28.0 Å². The number of amides is 10. The van der Waals surface area contributed by atoms with Crippen molar-refractivity contribution in [3.05, 3.63) is 71.9 Å². The lowest BCUT2D eigenvalue weighted by Gasteiger charge is -2.28. The van der Waals surface area contributed by atoms with Crippen molar-refractivity contribution in [2.24, 2.45) is 17.2 Å². The smallest absolute Gasteiger partial charge is 0.243 e. The molecule has 1 saturated heterocycles. The van der Waals surface area contributed by atoms with Gasteiger partial charge in [0.25, 0.3) is 0 Å². The van der Waals surface area contributed by atoms with E-state index in [9.17, 15) is 47.9 Å². The maximum atomic E-state index is 14.7. The van der Waals surface area contributed by atoms with Gasteiger partial charge in [0.15, 0.2) is 11.9 Å². The van der Waals surface area contributed by atoms with Crippen LogP contribution in [0.1, 0.15) is 82.8 Å². The summed E-state index contributed by atoms with van der Waals surface area (Å²) in [4.78, 5) is 140. The van der Waals surface area contributed by atoms with Crippen molar-refractivity contribution in [3.63, 3.8) is 0 Å². The van der Waals surface area contributed by atoms with Crippen molar-refractivity contribution in [3.8, 4) is 0 Å². The Morgan fingerprint density at radius 3 is 1.88 bits per heavy atom. The van der Waals surface area contributed by atoms with Crippen LogP contribution in [0.3, 0.4) is 0 Å². The number of aromatic amines is 1. The van der Waals surface area contributed by atoms with Gasteiger partial charge in [-0.1, -0.05) is 48.5 Å². The molecule has 0 saturated carbocycles. The second kappa shape index (κ2) is 31.2. The highest BCUT2D eigenvalue weighted by Crippen LogP contribution is 2.20. The third-order valence-corrected chi connectivity index (χ3v) is 12.3. The molecular weight excluding hydrogens is 999 g/mol. The van der Waals surface area contributed by atoms with Crippen LogP contribution in [-0.2, 0) is 60.8 Å². The Bertz CT molecular complexity index is 2580. The zero-order valence-electron chi connectivity index (χ0n) is 43.2. The highest BCUT2D eigenvalue weighted by molar-refractivity contribution is 5.99. The summed E-state index contributed by atoms with van der Waals surface area (Å²) in [6.07, 6.45) is 1.27. The summed E-state index contributed by atoms with van der Waals surface area (Å²) in [5.41, 5.74) is 18.6. The van der Waals surface area contributed by atoms with Crippen LogP contribution in [0.2, 0.25) is 0 Å². The number of nitrogens with two attached hydrogens (primary N) is 3. The normalized spacial score (nSPS) is 20.8. The standard InChI is InChI=1S/C50H73N17O10/c1-28(68)56-23-19-37-45(74)65-38(24-30-12-4-3-5-13-30)46(75)63-36(18-11-22-59-50(54)55)44(73)66-39(25-31-27-60-33-15-7-6-14-32(31)33)47(76)62-34(42(51)71)16-8-9-20-57-41(70)26-40(48(77)64-37)67-43(72)35(61-29(2)69)17-10-21-58-49(52)53/h3-7,12-15,27,34-40,60H,8-11,16-26H2,1-2H3,(H2,51,71)(H,56,68)(H,57,70)(H,61,69)(H,62,76)(H,63,75)(H,64,77)(H,65,74)(H,66,73)(H,67,72)(H4,52,53,58)(H4,54,55,59)/t34?,35-,36-,37-,38+,39-,40-/m0/s1. The molecule has 4 rings (SSSR count). The van der Waals surface area contributed by atoms with Crippen LogP contribution in [0.5, 0.6) is 0 Å². The van der Waals surface area contributed by atoms with E-state index >= 15 is 0 Å². The van der Waals surface area contributed by atoms with E-state index in [0.717, 1.165) is 10.9 Å². The molecule has 0 bridgehead atoms. The van der Waals surface area contributed by atoms with E-state index in [1.54, 1.807) is 42.6 Å². The lowest BCUT2D eigenvalue weighted by atomic mass is 10.0. The van der Waals surface area contributed by atoms with Gasteiger partial charge in [-0.2, -0.15) is 0 Å². The van der Waals surface area contributed by atoms with E-state index in [1.165, 1.54) is 13.8 Å². The predicted molar refractivity (Wildman–Crippen MR) is 284 cm³/mol. The Hall–Kier alpha value is -8.78. The second-order valence-electron chi connectivity index (χ2n) is 18.6. The topological polar surface area (TPSA) is 445 Å². The molecule has 2 aromatic carbocycles. The average molecular weight is 1070 g/mol. The predicted octanol–water partition coefficient (Wildman–Crippen LogP) is -3.41. The zero-order chi connectivity index (χ0) is 56.4. The lowest BCUT2D eigenvalue weighted by molar-refractivity contribution is -0.136. The summed E-state index contributed by atoms with van der Waals surface area (Å²) in [6, 6.07) is 5.90. The van der Waals surface area contributed by atoms with Crippen LogP contribution in [0.4, 0.5) is 0 Å². The maximum absolute atomic E-state index is 14.7. The van der Waals surface area contributed by atoms with E-state index < -0.39 is 108 Å². The Morgan fingerprint density at radius 1 is 0.649 bits per heavy atom. The quantitative estimate of drug-likeness (QED) is 0.0316. The largest absolute Gasteiger partial charge is 0.370 e. The number of guanidine groups is 2. The number of para-hydroxylation sites is 1. The summed E-state index contributed by atoms with van der Waals surface area (Å²) in [6.45, 7) is 2.50. The van der Waals surface area contributed by atoms with Crippen LogP contribution >= 0.6 is 0 Å². The Balaban J connectivity index is 1.79. The molecule has 1 unspecified atom stereocenters. The summed E-state index contributed by atoms with van der Waals surface area (Å²) >= 11 is 0. The van der Waals surface area contributed by atoms with Gasteiger partial charge in [-0.15, -0.1) is 0 Å². The number of benzene rings is 2. The summed E-state index contributed by atoms with van der Waals surface area (Å²) in [5.74, 6) is -8.64. The fourth-order valence-corrected chi connectivity index (χ4v) is 8.38. The molecule has 418 valence electrons. The van der Waals surface area contributed by atoms with Crippen LogP contribution < -0.4 is 75.7 Å². The van der Waals surface area contributed by atoms with Gasteiger partial charge in [0.2, 0.25) is 59.1 Å². The number of aromatic nitrogens is 1. The minimum atomic E-state index is -1.68. The van der Waals surface area contributed by atoms with Crippen LogP contribution in [0.25, 0.3) is 10.9 Å². The van der Waals surface area contributed by atoms with Gasteiger partial charge in [-0.25, -0.2) is 0 Å². The zero-order valence-corrected chi connectivity index (χ0v) is 43.2. The monoisotopic (exact) mass is 1070 g/mol. The molecular formula is C50H73N17O10. The minimum Gasteiger partial charge on any atom is -0.370 e. The van der Waals surface area contributed by atoms with E-state index in [1.807, 2.05) is 18.2 Å². The summed E-state index contributed by atoms with van der Waals surface area (Å²) in [7, 11) is 0. The van der Waals surface area contributed by atoms with Crippen LogP contribution in [0, 0.1) is 10.8 Å². The van der Waals surface area contributed by atoms with E-state index in [-0.39, 0.29) is 102 Å². The van der Waals surface area contributed by atoms with E-state index in [2.05, 4.69) is 63.5 Å². The third kappa shape index (κ3) is 21.5. The first kappa shape index (κ1) is 60.8. The summed E-state index contributed by atoms with van der Waals surface area (Å²) in [5, 5.41) is 44.7. The Kier molecular flexibility index (Phi) is 24.6. The molecule has 20 N–H and O–H groups in total. The van der Waals surface area contributed by atoms with Crippen LogP contribution in [-0.4, -0.2) is 144 Å². The number of hydrogen-bond acceptors (Lipinski definition) is 12. The van der Waals surface area contributed by atoms with Gasteiger partial charge in [0.1, 0.15) is 42.3 Å². The average Bonchev–Trinajstić information content (AvgIpc) is 3.79. The van der Waals surface area contributed by atoms with Crippen molar-refractivity contribution in [2.45, 2.75) is 127 Å². The molecule has 27 nitrogen and oxygen atoms in total. The van der Waals surface area contributed by atoms with E-state index in [0.29, 0.717) is 11.1 Å². The first-order valence-corrected chi connectivity index (χ1v) is 25.3. The van der Waals surface area contributed by atoms with Gasteiger partial charge < -0.3 is 80.7 Å². The number of nitrogens with one attached hydrogen (secondary N) is 14. The number of carbonyl (C=O) groups is 10. The van der Waals surface area contributed by atoms with Crippen molar-refractivity contribution in [1.82, 2.24) is 63.5 Å². The molecule has 1 aromatic heterocycles. The number of H-pyrrole nitrogens is 1. The number of fused-ring (bicyclic) bond motifs is 1. The minimum absolute atomic E-state index is 0.00376. The molecule has 10 amide bonds. The molecule has 3 aromatic rings. The van der Waals surface area contributed by atoms with Crippen molar-refractivity contribution >= 4 is 81.9 Å². The first-order valence-electron chi connectivity index (χ1n) is 25.3. The number of rotatable bonds is 19. The molecule has 1 fully saturated rings. The highest BCUT2D eigenvalue weighted by Gasteiger charge is 2.35. The second-order valence-corrected chi connectivity index (χ2v) is 18.6. The third-order valence-electron chi connectivity index (χ3n) is 12.3. The molecule has 0 aliphatic carbocycles. The van der Waals surface area contributed by atoms with Gasteiger partial charge in [0.05, 0.1) is 6.42 Å². The Morgan fingerprint density at radius 2 is 1.23 bits per heavy atom.